The largest absolute Gasteiger partial charge is 0.467 e. The fourth-order valence-electron chi connectivity index (χ4n) is 2.36. The number of rotatable bonds is 10. The maximum atomic E-state index is 12.2. The Morgan fingerprint density at radius 3 is 2.30 bits per heavy atom. The summed E-state index contributed by atoms with van der Waals surface area (Å²) in [5.74, 6) is -0.691. The number of benzene rings is 1. The summed E-state index contributed by atoms with van der Waals surface area (Å²) in [5, 5.41) is 3.32. The molecular formula is C18H26ClNO3. The highest BCUT2D eigenvalue weighted by Crippen LogP contribution is 2.12. The third-order valence-electron chi connectivity index (χ3n) is 3.74. The highest BCUT2D eigenvalue weighted by atomic mass is 35.5. The van der Waals surface area contributed by atoms with Gasteiger partial charge in [-0.15, -0.1) is 0 Å². The van der Waals surface area contributed by atoms with Crippen molar-refractivity contribution in [2.24, 2.45) is 0 Å². The lowest BCUT2D eigenvalue weighted by Crippen LogP contribution is -2.41. The van der Waals surface area contributed by atoms with Gasteiger partial charge in [0, 0.05) is 10.6 Å². The van der Waals surface area contributed by atoms with E-state index in [-0.39, 0.29) is 5.91 Å². The normalized spacial score (nSPS) is 11.8. The van der Waals surface area contributed by atoms with Gasteiger partial charge in [0.05, 0.1) is 7.11 Å². The van der Waals surface area contributed by atoms with E-state index in [2.05, 4.69) is 12.2 Å². The Morgan fingerprint density at radius 1 is 1.09 bits per heavy atom. The predicted molar refractivity (Wildman–Crippen MR) is 92.7 cm³/mol. The number of hydrogen-bond acceptors (Lipinski definition) is 3. The van der Waals surface area contributed by atoms with Gasteiger partial charge in [0.2, 0.25) is 0 Å². The zero-order chi connectivity index (χ0) is 17.1. The van der Waals surface area contributed by atoms with E-state index in [1.165, 1.54) is 26.4 Å². The van der Waals surface area contributed by atoms with Crippen LogP contribution in [0.1, 0.15) is 62.2 Å². The number of nitrogens with one attached hydrogen (secondary N) is 1. The summed E-state index contributed by atoms with van der Waals surface area (Å²) in [7, 11) is 1.34. The van der Waals surface area contributed by atoms with Crippen LogP contribution in [0.25, 0.3) is 0 Å². The summed E-state index contributed by atoms with van der Waals surface area (Å²) < 4.78 is 4.79. The molecule has 0 unspecified atom stereocenters. The molecule has 0 spiro atoms. The SMILES string of the molecule is CCCCCCCC[C@@H](NC(=O)c1ccc(Cl)cc1)C(=O)OC. The van der Waals surface area contributed by atoms with Crippen LogP contribution in [0.4, 0.5) is 0 Å². The van der Waals surface area contributed by atoms with Crippen LogP contribution in [0.3, 0.4) is 0 Å². The van der Waals surface area contributed by atoms with Gasteiger partial charge in [-0.1, -0.05) is 57.0 Å². The fourth-order valence-corrected chi connectivity index (χ4v) is 2.49. The molecule has 0 aromatic heterocycles. The first kappa shape index (κ1) is 19.5. The van der Waals surface area contributed by atoms with Crippen LogP contribution >= 0.6 is 11.6 Å². The van der Waals surface area contributed by atoms with Gasteiger partial charge in [-0.05, 0) is 30.7 Å². The van der Waals surface area contributed by atoms with Crippen molar-refractivity contribution in [3.05, 3.63) is 34.9 Å². The number of unbranched alkanes of at least 4 members (excludes halogenated alkanes) is 5. The van der Waals surface area contributed by atoms with Crippen LogP contribution in [-0.4, -0.2) is 25.0 Å². The number of ether oxygens (including phenoxy) is 1. The lowest BCUT2D eigenvalue weighted by Gasteiger charge is -2.16. The minimum absolute atomic E-state index is 0.289. The summed E-state index contributed by atoms with van der Waals surface area (Å²) in [6, 6.07) is 5.97. The van der Waals surface area contributed by atoms with Gasteiger partial charge in [-0.2, -0.15) is 0 Å². The molecule has 1 aromatic rings. The summed E-state index contributed by atoms with van der Waals surface area (Å²) in [4.78, 5) is 24.0. The van der Waals surface area contributed by atoms with Crippen LogP contribution in [-0.2, 0) is 9.53 Å². The smallest absolute Gasteiger partial charge is 0.328 e. The maximum Gasteiger partial charge on any atom is 0.328 e. The van der Waals surface area contributed by atoms with Crippen molar-refractivity contribution in [1.29, 1.82) is 0 Å². The lowest BCUT2D eigenvalue weighted by atomic mass is 10.1. The van der Waals surface area contributed by atoms with Crippen LogP contribution in [0.5, 0.6) is 0 Å². The third-order valence-corrected chi connectivity index (χ3v) is 4.00. The number of methoxy groups -OCH3 is 1. The highest BCUT2D eigenvalue weighted by molar-refractivity contribution is 6.30. The summed E-state index contributed by atoms with van der Waals surface area (Å²) in [5.41, 5.74) is 0.478. The number of carbonyl (C=O) groups excluding carboxylic acids is 2. The number of amides is 1. The quantitative estimate of drug-likeness (QED) is 0.509. The van der Waals surface area contributed by atoms with Crippen molar-refractivity contribution in [3.8, 4) is 0 Å². The first-order valence-corrected chi connectivity index (χ1v) is 8.60. The molecule has 0 saturated heterocycles. The van der Waals surface area contributed by atoms with Gasteiger partial charge in [0.1, 0.15) is 6.04 Å². The molecule has 1 N–H and O–H groups in total. The molecule has 0 bridgehead atoms. The molecule has 0 aliphatic heterocycles. The maximum absolute atomic E-state index is 12.2. The molecule has 1 atom stereocenters. The van der Waals surface area contributed by atoms with E-state index < -0.39 is 12.0 Å². The minimum atomic E-state index is -0.602. The second-order valence-corrected chi connectivity index (χ2v) is 6.05. The molecule has 1 amide bonds. The zero-order valence-electron chi connectivity index (χ0n) is 13.9. The molecule has 0 fully saturated rings. The molecular weight excluding hydrogens is 314 g/mol. The van der Waals surface area contributed by atoms with E-state index >= 15 is 0 Å². The van der Waals surface area contributed by atoms with E-state index in [4.69, 9.17) is 16.3 Å². The van der Waals surface area contributed by atoms with Gasteiger partial charge in [0.15, 0.2) is 0 Å². The second-order valence-electron chi connectivity index (χ2n) is 5.61. The summed E-state index contributed by atoms with van der Waals surface area (Å²) >= 11 is 5.81. The van der Waals surface area contributed by atoms with Crippen molar-refractivity contribution >= 4 is 23.5 Å². The third kappa shape index (κ3) is 7.51. The molecule has 128 valence electrons. The van der Waals surface area contributed by atoms with Crippen LogP contribution in [0, 0.1) is 0 Å². The Balaban J connectivity index is 2.49. The number of hydrogen-bond donors (Lipinski definition) is 1. The van der Waals surface area contributed by atoms with Crippen molar-refractivity contribution in [3.63, 3.8) is 0 Å². The number of halogens is 1. The van der Waals surface area contributed by atoms with E-state index in [1.54, 1.807) is 24.3 Å². The molecule has 23 heavy (non-hydrogen) atoms. The summed E-state index contributed by atoms with van der Waals surface area (Å²) in [6.07, 6.45) is 7.38. The number of carbonyl (C=O) groups is 2. The van der Waals surface area contributed by atoms with Crippen molar-refractivity contribution < 1.29 is 14.3 Å². The lowest BCUT2D eigenvalue weighted by molar-refractivity contribution is -0.143. The van der Waals surface area contributed by atoms with Gasteiger partial charge in [-0.3, -0.25) is 4.79 Å². The Hall–Kier alpha value is -1.55. The predicted octanol–water partition coefficient (Wildman–Crippen LogP) is 4.36. The molecule has 0 aliphatic carbocycles. The van der Waals surface area contributed by atoms with Gasteiger partial charge >= 0.3 is 5.97 Å². The molecule has 4 nitrogen and oxygen atoms in total. The van der Waals surface area contributed by atoms with Gasteiger partial charge < -0.3 is 10.1 Å². The van der Waals surface area contributed by atoms with E-state index in [9.17, 15) is 9.59 Å². The Labute approximate surface area is 143 Å². The topological polar surface area (TPSA) is 55.4 Å². The highest BCUT2D eigenvalue weighted by Gasteiger charge is 2.21. The molecule has 1 aromatic carbocycles. The minimum Gasteiger partial charge on any atom is -0.467 e. The van der Waals surface area contributed by atoms with Crippen molar-refractivity contribution in [2.45, 2.75) is 57.9 Å². The fraction of sp³-hybridized carbons (Fsp3) is 0.556. The average Bonchev–Trinajstić information content (AvgIpc) is 2.56. The van der Waals surface area contributed by atoms with Crippen LogP contribution < -0.4 is 5.32 Å². The van der Waals surface area contributed by atoms with Crippen molar-refractivity contribution in [2.75, 3.05) is 7.11 Å². The standard InChI is InChI=1S/C18H26ClNO3/c1-3-4-5-6-7-8-9-16(18(22)23-2)20-17(21)14-10-12-15(19)13-11-14/h10-13,16H,3-9H2,1-2H3,(H,20,21)/t16-/m1/s1. The molecule has 0 radical (unpaired) electrons. The van der Waals surface area contributed by atoms with E-state index in [0.717, 1.165) is 19.3 Å². The second kappa shape index (κ2) is 11.1. The monoisotopic (exact) mass is 339 g/mol. The molecule has 0 heterocycles. The van der Waals surface area contributed by atoms with Crippen LogP contribution in [0.2, 0.25) is 5.02 Å². The zero-order valence-corrected chi connectivity index (χ0v) is 14.7. The summed E-state index contributed by atoms with van der Waals surface area (Å²) in [6.45, 7) is 2.18. The Morgan fingerprint density at radius 2 is 1.70 bits per heavy atom. The van der Waals surface area contributed by atoms with Crippen molar-refractivity contribution in [1.82, 2.24) is 5.32 Å². The molecule has 1 rings (SSSR count). The molecule has 5 heteroatoms. The van der Waals surface area contributed by atoms with E-state index in [1.807, 2.05) is 0 Å². The first-order valence-electron chi connectivity index (χ1n) is 8.22. The van der Waals surface area contributed by atoms with Gasteiger partial charge in [0.25, 0.3) is 5.91 Å². The molecule has 0 aliphatic rings. The Bertz CT molecular complexity index is 488. The Kier molecular flexibility index (Phi) is 9.37. The number of esters is 1. The first-order chi connectivity index (χ1) is 11.1. The van der Waals surface area contributed by atoms with Crippen LogP contribution in [0.15, 0.2) is 24.3 Å². The average molecular weight is 340 g/mol. The van der Waals surface area contributed by atoms with E-state index in [0.29, 0.717) is 17.0 Å². The van der Waals surface area contributed by atoms with Gasteiger partial charge in [-0.25, -0.2) is 4.79 Å². The molecule has 0 saturated carbocycles.